The maximum absolute atomic E-state index is 7.53. The fraction of sp³-hybridized carbons (Fsp3) is 0.167. The predicted octanol–water partition coefficient (Wildman–Crippen LogP) is 3.96. The van der Waals surface area contributed by atoms with E-state index in [1.807, 2.05) is 13.0 Å². The number of amidine groups is 1. The molecule has 0 aliphatic rings. The number of rotatable bonds is 3. The van der Waals surface area contributed by atoms with Gasteiger partial charge in [-0.2, -0.15) is 0 Å². The number of nitrogens with two attached hydrogens (primary N) is 1. The molecule has 0 aliphatic carbocycles. The molecule has 1 aromatic carbocycles. The standard InChI is InChI=1S/C12H11Cl2N3S/c1-2-9-10(11(15)16)18-12(17-9)6-3-4-7(13)8(14)5-6/h3-5H,2H2,1H3,(H3,15,16). The quantitative estimate of drug-likeness (QED) is 0.665. The molecule has 0 atom stereocenters. The Bertz CT molecular complexity index is 607. The summed E-state index contributed by atoms with van der Waals surface area (Å²) in [5.74, 6) is 0.0515. The average Bonchev–Trinajstić information content (AvgIpc) is 2.77. The number of benzene rings is 1. The van der Waals surface area contributed by atoms with E-state index in [9.17, 15) is 0 Å². The van der Waals surface area contributed by atoms with Crippen LogP contribution in [0.25, 0.3) is 10.6 Å². The van der Waals surface area contributed by atoms with Gasteiger partial charge in [-0.05, 0) is 18.6 Å². The van der Waals surface area contributed by atoms with Crippen molar-refractivity contribution in [3.63, 3.8) is 0 Å². The summed E-state index contributed by atoms with van der Waals surface area (Å²) in [6, 6.07) is 5.36. The number of hydrogen-bond donors (Lipinski definition) is 2. The molecule has 0 bridgehead atoms. The number of aromatic nitrogens is 1. The second-order valence-electron chi connectivity index (χ2n) is 3.69. The molecule has 0 saturated carbocycles. The molecular weight excluding hydrogens is 289 g/mol. The number of thiazole rings is 1. The summed E-state index contributed by atoms with van der Waals surface area (Å²) in [5.41, 5.74) is 7.27. The van der Waals surface area contributed by atoms with Crippen molar-refractivity contribution in [2.75, 3.05) is 0 Å². The Labute approximate surface area is 119 Å². The van der Waals surface area contributed by atoms with Crippen molar-refractivity contribution in [3.05, 3.63) is 38.8 Å². The van der Waals surface area contributed by atoms with Crippen molar-refractivity contribution in [2.24, 2.45) is 5.73 Å². The van der Waals surface area contributed by atoms with Crippen molar-refractivity contribution in [3.8, 4) is 10.6 Å². The Morgan fingerprint density at radius 1 is 1.39 bits per heavy atom. The summed E-state index contributed by atoms with van der Waals surface area (Å²) in [6.45, 7) is 1.99. The first-order chi connectivity index (χ1) is 8.52. The Kier molecular flexibility index (Phi) is 3.90. The third-order valence-corrected chi connectivity index (χ3v) is 4.36. The Balaban J connectivity index is 2.50. The molecule has 94 valence electrons. The van der Waals surface area contributed by atoms with E-state index < -0.39 is 0 Å². The highest BCUT2D eigenvalue weighted by molar-refractivity contribution is 7.17. The molecule has 1 aromatic heterocycles. The van der Waals surface area contributed by atoms with Crippen LogP contribution in [0.1, 0.15) is 17.5 Å². The van der Waals surface area contributed by atoms with Crippen LogP contribution in [0, 0.1) is 5.41 Å². The second-order valence-corrected chi connectivity index (χ2v) is 5.50. The van der Waals surface area contributed by atoms with Gasteiger partial charge >= 0.3 is 0 Å². The zero-order valence-electron chi connectivity index (χ0n) is 9.63. The SMILES string of the molecule is CCc1nc(-c2ccc(Cl)c(Cl)c2)sc1C(=N)N. The smallest absolute Gasteiger partial charge is 0.135 e. The summed E-state index contributed by atoms with van der Waals surface area (Å²) in [5, 5.41) is 9.34. The van der Waals surface area contributed by atoms with Gasteiger partial charge in [0.2, 0.25) is 0 Å². The third-order valence-electron chi connectivity index (χ3n) is 2.44. The first kappa shape index (κ1) is 13.3. The number of hydrogen-bond acceptors (Lipinski definition) is 3. The van der Waals surface area contributed by atoms with E-state index >= 15 is 0 Å². The molecule has 0 spiro atoms. The van der Waals surface area contributed by atoms with E-state index in [4.69, 9.17) is 34.3 Å². The molecule has 3 nitrogen and oxygen atoms in total. The maximum Gasteiger partial charge on any atom is 0.135 e. The Morgan fingerprint density at radius 2 is 2.11 bits per heavy atom. The second kappa shape index (κ2) is 5.26. The molecule has 2 rings (SSSR count). The monoisotopic (exact) mass is 299 g/mol. The predicted molar refractivity (Wildman–Crippen MR) is 78.0 cm³/mol. The van der Waals surface area contributed by atoms with Crippen molar-refractivity contribution in [1.29, 1.82) is 5.41 Å². The molecule has 0 radical (unpaired) electrons. The largest absolute Gasteiger partial charge is 0.383 e. The van der Waals surface area contributed by atoms with E-state index in [1.165, 1.54) is 11.3 Å². The van der Waals surface area contributed by atoms with Crippen LogP contribution in [0.2, 0.25) is 10.0 Å². The van der Waals surface area contributed by atoms with Crippen LogP contribution >= 0.6 is 34.5 Å². The molecule has 0 aliphatic heterocycles. The number of halogens is 2. The van der Waals surface area contributed by atoms with E-state index in [0.717, 1.165) is 27.6 Å². The van der Waals surface area contributed by atoms with Gasteiger partial charge in [-0.3, -0.25) is 5.41 Å². The van der Waals surface area contributed by atoms with Crippen LogP contribution in [0.5, 0.6) is 0 Å². The van der Waals surface area contributed by atoms with Crippen LogP contribution in [0.4, 0.5) is 0 Å². The maximum atomic E-state index is 7.53. The van der Waals surface area contributed by atoms with Crippen LogP contribution in [0.15, 0.2) is 18.2 Å². The van der Waals surface area contributed by atoms with Gasteiger partial charge in [0.25, 0.3) is 0 Å². The first-order valence-corrected chi connectivity index (χ1v) is 6.89. The highest BCUT2D eigenvalue weighted by atomic mass is 35.5. The van der Waals surface area contributed by atoms with E-state index in [-0.39, 0.29) is 5.84 Å². The van der Waals surface area contributed by atoms with Crippen molar-refractivity contribution < 1.29 is 0 Å². The number of nitrogen functional groups attached to an aromatic ring is 1. The van der Waals surface area contributed by atoms with Gasteiger partial charge in [-0.15, -0.1) is 11.3 Å². The van der Waals surface area contributed by atoms with Gasteiger partial charge in [0.15, 0.2) is 0 Å². The molecule has 6 heteroatoms. The molecule has 2 aromatic rings. The molecule has 0 amide bonds. The van der Waals surface area contributed by atoms with E-state index in [1.54, 1.807) is 12.1 Å². The van der Waals surface area contributed by atoms with Gasteiger partial charge < -0.3 is 5.73 Å². The highest BCUT2D eigenvalue weighted by Crippen LogP contribution is 2.32. The van der Waals surface area contributed by atoms with Gasteiger partial charge in [0.05, 0.1) is 20.6 Å². The molecule has 0 fully saturated rings. The summed E-state index contributed by atoms with van der Waals surface area (Å²) in [4.78, 5) is 5.21. The number of nitrogens with zero attached hydrogens (tertiary/aromatic N) is 1. The molecule has 3 N–H and O–H groups in total. The number of nitrogens with one attached hydrogen (secondary N) is 1. The van der Waals surface area contributed by atoms with Crippen LogP contribution in [-0.4, -0.2) is 10.8 Å². The molecule has 1 heterocycles. The lowest BCUT2D eigenvalue weighted by Gasteiger charge is -1.98. The minimum Gasteiger partial charge on any atom is -0.383 e. The minimum absolute atomic E-state index is 0.0515. The molecule has 18 heavy (non-hydrogen) atoms. The van der Waals surface area contributed by atoms with Crippen LogP contribution in [-0.2, 0) is 6.42 Å². The normalized spacial score (nSPS) is 10.6. The van der Waals surface area contributed by atoms with Crippen LogP contribution in [0.3, 0.4) is 0 Å². The third kappa shape index (κ3) is 2.51. The van der Waals surface area contributed by atoms with Gasteiger partial charge in [-0.1, -0.05) is 36.2 Å². The van der Waals surface area contributed by atoms with Crippen molar-refractivity contribution in [1.82, 2.24) is 4.98 Å². The highest BCUT2D eigenvalue weighted by Gasteiger charge is 2.14. The van der Waals surface area contributed by atoms with Crippen molar-refractivity contribution >= 4 is 40.4 Å². The van der Waals surface area contributed by atoms with Crippen LogP contribution < -0.4 is 5.73 Å². The van der Waals surface area contributed by atoms with Gasteiger partial charge in [0.1, 0.15) is 10.8 Å². The number of aryl methyl sites for hydroxylation is 1. The lowest BCUT2D eigenvalue weighted by Crippen LogP contribution is -2.11. The van der Waals surface area contributed by atoms with E-state index in [2.05, 4.69) is 4.98 Å². The van der Waals surface area contributed by atoms with Crippen molar-refractivity contribution in [2.45, 2.75) is 13.3 Å². The summed E-state index contributed by atoms with van der Waals surface area (Å²) < 4.78 is 0. The minimum atomic E-state index is 0.0515. The Morgan fingerprint density at radius 3 is 2.61 bits per heavy atom. The fourth-order valence-electron chi connectivity index (χ4n) is 1.55. The lowest BCUT2D eigenvalue weighted by atomic mass is 10.2. The topological polar surface area (TPSA) is 62.8 Å². The van der Waals surface area contributed by atoms with Gasteiger partial charge in [-0.25, -0.2) is 4.98 Å². The fourth-order valence-corrected chi connectivity index (χ4v) is 2.86. The first-order valence-electron chi connectivity index (χ1n) is 5.32. The van der Waals surface area contributed by atoms with E-state index in [0.29, 0.717) is 10.0 Å². The van der Waals surface area contributed by atoms with Gasteiger partial charge in [0, 0.05) is 5.56 Å². The zero-order valence-corrected chi connectivity index (χ0v) is 12.0. The average molecular weight is 300 g/mol. The lowest BCUT2D eigenvalue weighted by molar-refractivity contribution is 1.06. The zero-order chi connectivity index (χ0) is 13.3. The molecular formula is C12H11Cl2N3S. The Hall–Kier alpha value is -1.10. The summed E-state index contributed by atoms with van der Waals surface area (Å²) in [6.07, 6.45) is 0.743. The molecule has 0 saturated heterocycles. The summed E-state index contributed by atoms with van der Waals surface area (Å²) >= 11 is 13.3. The molecule has 0 unspecified atom stereocenters. The summed E-state index contributed by atoms with van der Waals surface area (Å²) in [7, 11) is 0.